The minimum absolute atomic E-state index is 0.241. The van der Waals surface area contributed by atoms with E-state index in [4.69, 9.17) is 4.74 Å². The van der Waals surface area contributed by atoms with Crippen LogP contribution in [0.4, 0.5) is 0 Å². The van der Waals surface area contributed by atoms with E-state index in [-0.39, 0.29) is 5.56 Å². The third-order valence-electron chi connectivity index (χ3n) is 3.06. The van der Waals surface area contributed by atoms with Crippen LogP contribution in [0.25, 0.3) is 22.3 Å². The normalized spacial score (nSPS) is 10.6. The average Bonchev–Trinajstić information content (AvgIpc) is 2.48. The highest BCUT2D eigenvalue weighted by molar-refractivity contribution is 9.10. The molecule has 0 amide bonds. The lowest BCUT2D eigenvalue weighted by atomic mass is 10.1. The minimum atomic E-state index is -0.438. The molecule has 0 saturated carbocycles. The summed E-state index contributed by atoms with van der Waals surface area (Å²) in [5.74, 6) is 0.252. The summed E-state index contributed by atoms with van der Waals surface area (Å²) in [6.45, 7) is 1.32. The predicted octanol–water partition coefficient (Wildman–Crippen LogP) is 3.28. The van der Waals surface area contributed by atoms with E-state index in [2.05, 4.69) is 25.9 Å². The summed E-state index contributed by atoms with van der Waals surface area (Å²) in [7, 11) is 0. The maximum absolute atomic E-state index is 12.2. The molecule has 0 saturated heterocycles. The number of carbonyl (C=O) groups is 1. The van der Waals surface area contributed by atoms with E-state index in [0.29, 0.717) is 28.0 Å². The first-order valence-corrected chi connectivity index (χ1v) is 7.31. The molecule has 5 nitrogen and oxygen atoms in total. The van der Waals surface area contributed by atoms with Crippen molar-refractivity contribution in [3.05, 3.63) is 57.3 Å². The topological polar surface area (TPSA) is 72.0 Å². The lowest BCUT2D eigenvalue weighted by Crippen LogP contribution is -2.10. The number of hydrogen-bond acceptors (Lipinski definition) is 4. The Bertz CT molecular complexity index is 934. The molecule has 0 aliphatic heterocycles. The maximum Gasteiger partial charge on any atom is 0.308 e. The van der Waals surface area contributed by atoms with E-state index in [0.717, 1.165) is 4.47 Å². The standard InChI is InChI=1S/C16H11BrN2O3/c1-9(20)22-14-7-6-10(17)8-12(14)15-18-13-5-3-2-4-11(13)16(21)19-15/h2-8H,1H3,(H,18,19,21). The van der Waals surface area contributed by atoms with Crippen molar-refractivity contribution >= 4 is 32.8 Å². The van der Waals surface area contributed by atoms with Crippen molar-refractivity contribution in [3.8, 4) is 17.1 Å². The Balaban J connectivity index is 2.24. The quantitative estimate of drug-likeness (QED) is 0.563. The zero-order valence-electron chi connectivity index (χ0n) is 11.6. The Labute approximate surface area is 134 Å². The van der Waals surface area contributed by atoms with Crippen LogP contribution in [0.15, 0.2) is 51.7 Å². The van der Waals surface area contributed by atoms with Gasteiger partial charge in [-0.05, 0) is 30.3 Å². The van der Waals surface area contributed by atoms with Crippen LogP contribution in [0, 0.1) is 0 Å². The third-order valence-corrected chi connectivity index (χ3v) is 3.56. The second-order valence-electron chi connectivity index (χ2n) is 4.67. The number of fused-ring (bicyclic) bond motifs is 1. The zero-order valence-corrected chi connectivity index (χ0v) is 13.2. The molecular formula is C16H11BrN2O3. The Hall–Kier alpha value is -2.47. The highest BCUT2D eigenvalue weighted by Gasteiger charge is 2.13. The molecule has 0 atom stereocenters. The van der Waals surface area contributed by atoms with Crippen LogP contribution in [-0.2, 0) is 4.79 Å². The molecule has 3 rings (SSSR count). The molecule has 1 heterocycles. The molecule has 2 aromatic carbocycles. The van der Waals surface area contributed by atoms with Crippen LogP contribution < -0.4 is 10.3 Å². The molecular weight excluding hydrogens is 348 g/mol. The van der Waals surface area contributed by atoms with Gasteiger partial charge in [0.25, 0.3) is 5.56 Å². The van der Waals surface area contributed by atoms with E-state index >= 15 is 0 Å². The number of halogens is 1. The highest BCUT2D eigenvalue weighted by atomic mass is 79.9. The number of nitrogens with zero attached hydrogens (tertiary/aromatic N) is 1. The molecule has 0 aliphatic rings. The Morgan fingerprint density at radius 2 is 2.00 bits per heavy atom. The number of hydrogen-bond donors (Lipinski definition) is 1. The minimum Gasteiger partial charge on any atom is -0.426 e. The first-order chi connectivity index (χ1) is 10.5. The van der Waals surface area contributed by atoms with Crippen LogP contribution in [0.1, 0.15) is 6.92 Å². The van der Waals surface area contributed by atoms with Crippen molar-refractivity contribution in [2.45, 2.75) is 6.92 Å². The van der Waals surface area contributed by atoms with Gasteiger partial charge in [0.15, 0.2) is 0 Å². The summed E-state index contributed by atoms with van der Waals surface area (Å²) in [6, 6.07) is 12.2. The number of nitrogens with one attached hydrogen (secondary N) is 1. The summed E-state index contributed by atoms with van der Waals surface area (Å²) in [6.07, 6.45) is 0. The number of aromatic nitrogens is 2. The smallest absolute Gasteiger partial charge is 0.308 e. The van der Waals surface area contributed by atoms with Crippen LogP contribution in [0.5, 0.6) is 5.75 Å². The van der Waals surface area contributed by atoms with Gasteiger partial charge < -0.3 is 9.72 Å². The summed E-state index contributed by atoms with van der Waals surface area (Å²) in [5.41, 5.74) is 0.872. The van der Waals surface area contributed by atoms with E-state index in [1.54, 1.807) is 36.4 Å². The zero-order chi connectivity index (χ0) is 15.7. The van der Waals surface area contributed by atoms with Gasteiger partial charge in [-0.25, -0.2) is 4.98 Å². The summed E-state index contributed by atoms with van der Waals surface area (Å²) >= 11 is 3.37. The van der Waals surface area contributed by atoms with Gasteiger partial charge in [-0.3, -0.25) is 9.59 Å². The maximum atomic E-state index is 12.2. The molecule has 0 fully saturated rings. The number of aromatic amines is 1. The van der Waals surface area contributed by atoms with Gasteiger partial charge in [0, 0.05) is 11.4 Å². The summed E-state index contributed by atoms with van der Waals surface area (Å²) in [4.78, 5) is 30.6. The van der Waals surface area contributed by atoms with Crippen LogP contribution in [0.3, 0.4) is 0 Å². The summed E-state index contributed by atoms with van der Waals surface area (Å²) in [5, 5.41) is 0.510. The fourth-order valence-electron chi connectivity index (χ4n) is 2.15. The molecule has 0 aliphatic carbocycles. The molecule has 6 heteroatoms. The second-order valence-corrected chi connectivity index (χ2v) is 5.58. The number of rotatable bonds is 2. The number of H-pyrrole nitrogens is 1. The van der Waals surface area contributed by atoms with Gasteiger partial charge in [0.1, 0.15) is 11.6 Å². The van der Waals surface area contributed by atoms with E-state index in [9.17, 15) is 9.59 Å². The van der Waals surface area contributed by atoms with Gasteiger partial charge in [0.2, 0.25) is 0 Å². The van der Waals surface area contributed by atoms with Gasteiger partial charge in [0.05, 0.1) is 16.5 Å². The van der Waals surface area contributed by atoms with E-state index < -0.39 is 5.97 Å². The van der Waals surface area contributed by atoms with Crippen molar-refractivity contribution < 1.29 is 9.53 Å². The molecule has 0 unspecified atom stereocenters. The van der Waals surface area contributed by atoms with Gasteiger partial charge in [-0.15, -0.1) is 0 Å². The molecule has 1 N–H and O–H groups in total. The van der Waals surface area contributed by atoms with E-state index in [1.165, 1.54) is 6.92 Å². The fraction of sp³-hybridized carbons (Fsp3) is 0.0625. The van der Waals surface area contributed by atoms with Crippen molar-refractivity contribution in [1.29, 1.82) is 0 Å². The third kappa shape index (κ3) is 2.78. The Morgan fingerprint density at radius 1 is 1.23 bits per heavy atom. The molecule has 1 aromatic heterocycles. The van der Waals surface area contributed by atoms with Crippen molar-refractivity contribution in [1.82, 2.24) is 9.97 Å². The molecule has 110 valence electrons. The number of para-hydroxylation sites is 1. The number of ether oxygens (including phenoxy) is 1. The SMILES string of the molecule is CC(=O)Oc1ccc(Br)cc1-c1nc2ccccc2c(=O)[nH]1. The molecule has 0 spiro atoms. The number of benzene rings is 2. The van der Waals surface area contributed by atoms with Crippen molar-refractivity contribution in [2.24, 2.45) is 0 Å². The Kier molecular flexibility index (Phi) is 3.77. The molecule has 0 radical (unpaired) electrons. The van der Waals surface area contributed by atoms with Crippen molar-refractivity contribution in [3.63, 3.8) is 0 Å². The van der Waals surface area contributed by atoms with Gasteiger partial charge in [-0.2, -0.15) is 0 Å². The number of esters is 1. The van der Waals surface area contributed by atoms with Crippen LogP contribution >= 0.6 is 15.9 Å². The lowest BCUT2D eigenvalue weighted by molar-refractivity contribution is -0.131. The fourth-order valence-corrected chi connectivity index (χ4v) is 2.51. The molecule has 0 bridgehead atoms. The highest BCUT2D eigenvalue weighted by Crippen LogP contribution is 2.31. The number of carbonyl (C=O) groups excluding carboxylic acids is 1. The first-order valence-electron chi connectivity index (χ1n) is 6.52. The largest absolute Gasteiger partial charge is 0.426 e. The van der Waals surface area contributed by atoms with Crippen LogP contribution in [0.2, 0.25) is 0 Å². The first kappa shape index (κ1) is 14.5. The second kappa shape index (κ2) is 5.73. The lowest BCUT2D eigenvalue weighted by Gasteiger charge is -2.09. The van der Waals surface area contributed by atoms with Gasteiger partial charge in [-0.1, -0.05) is 28.1 Å². The molecule has 22 heavy (non-hydrogen) atoms. The monoisotopic (exact) mass is 358 g/mol. The van der Waals surface area contributed by atoms with Crippen molar-refractivity contribution in [2.75, 3.05) is 0 Å². The predicted molar refractivity (Wildman–Crippen MR) is 86.8 cm³/mol. The van der Waals surface area contributed by atoms with Gasteiger partial charge >= 0.3 is 5.97 Å². The van der Waals surface area contributed by atoms with Crippen LogP contribution in [-0.4, -0.2) is 15.9 Å². The Morgan fingerprint density at radius 3 is 2.77 bits per heavy atom. The van der Waals surface area contributed by atoms with E-state index in [1.807, 2.05) is 6.07 Å². The molecule has 3 aromatic rings. The summed E-state index contributed by atoms with van der Waals surface area (Å²) < 4.78 is 5.97. The average molecular weight is 359 g/mol.